The Hall–Kier alpha value is -2.08. The van der Waals surface area contributed by atoms with Gasteiger partial charge in [0.1, 0.15) is 6.04 Å². The molecule has 1 saturated heterocycles. The van der Waals surface area contributed by atoms with Crippen molar-refractivity contribution in [2.45, 2.75) is 18.9 Å². The molecule has 2 rings (SSSR count). The molecular weight excluding hydrogens is 268 g/mol. The molecule has 1 aliphatic rings. The number of nitrogens with one attached hydrogen (secondary N) is 1. The van der Waals surface area contributed by atoms with Crippen LogP contribution < -0.4 is 16.8 Å². The van der Waals surface area contributed by atoms with E-state index in [1.54, 1.807) is 4.90 Å². The number of amides is 3. The fraction of sp³-hybridized carbons (Fsp3) is 0.467. The van der Waals surface area contributed by atoms with Gasteiger partial charge in [-0.2, -0.15) is 0 Å². The normalized spacial score (nSPS) is 19.9. The van der Waals surface area contributed by atoms with Gasteiger partial charge >= 0.3 is 6.03 Å². The minimum atomic E-state index is -0.631. The lowest BCUT2D eigenvalue weighted by atomic mass is 9.96. The maximum Gasteiger partial charge on any atom is 0.312 e. The van der Waals surface area contributed by atoms with E-state index in [4.69, 9.17) is 11.5 Å². The summed E-state index contributed by atoms with van der Waals surface area (Å²) in [6.07, 6.45) is 1.89. The van der Waals surface area contributed by atoms with Crippen molar-refractivity contribution >= 4 is 11.9 Å². The summed E-state index contributed by atoms with van der Waals surface area (Å²) < 4.78 is 0. The molecule has 6 heteroatoms. The minimum absolute atomic E-state index is 0.0648. The molecule has 0 spiro atoms. The fourth-order valence-electron chi connectivity index (χ4n) is 2.68. The average Bonchev–Trinajstić information content (AvgIpc) is 2.52. The van der Waals surface area contributed by atoms with Gasteiger partial charge in [0.25, 0.3) is 0 Å². The van der Waals surface area contributed by atoms with E-state index in [1.807, 2.05) is 30.3 Å². The Labute approximate surface area is 124 Å². The van der Waals surface area contributed by atoms with Crippen LogP contribution in [0.5, 0.6) is 0 Å². The van der Waals surface area contributed by atoms with Crippen LogP contribution in [0.4, 0.5) is 4.79 Å². The third kappa shape index (κ3) is 4.19. The number of hydrogen-bond donors (Lipinski definition) is 3. The van der Waals surface area contributed by atoms with Crippen molar-refractivity contribution < 1.29 is 9.59 Å². The highest BCUT2D eigenvalue weighted by molar-refractivity contribution is 5.83. The average molecular weight is 290 g/mol. The zero-order valence-corrected chi connectivity index (χ0v) is 12.0. The maximum atomic E-state index is 12.5. The molecule has 21 heavy (non-hydrogen) atoms. The summed E-state index contributed by atoms with van der Waals surface area (Å²) in [5, 5.41) is 2.61. The molecule has 1 heterocycles. The lowest BCUT2D eigenvalue weighted by Crippen LogP contribution is -2.47. The largest absolute Gasteiger partial charge is 0.352 e. The van der Waals surface area contributed by atoms with Crippen LogP contribution in [0, 0.1) is 5.92 Å². The molecular formula is C15H22N4O2. The van der Waals surface area contributed by atoms with Crippen LogP contribution in [0.15, 0.2) is 30.3 Å². The maximum absolute atomic E-state index is 12.5. The van der Waals surface area contributed by atoms with Gasteiger partial charge in [-0.05, 0) is 24.3 Å². The Morgan fingerprint density at radius 3 is 2.71 bits per heavy atom. The van der Waals surface area contributed by atoms with Gasteiger partial charge in [-0.3, -0.25) is 4.79 Å². The molecule has 0 bridgehead atoms. The number of piperidine rings is 1. The summed E-state index contributed by atoms with van der Waals surface area (Å²) in [4.78, 5) is 25.0. The molecule has 0 radical (unpaired) electrons. The van der Waals surface area contributed by atoms with E-state index in [9.17, 15) is 9.59 Å². The second-order valence-corrected chi connectivity index (χ2v) is 5.43. The second kappa shape index (κ2) is 7.08. The molecule has 1 aromatic rings. The Balaban J connectivity index is 1.94. The molecule has 2 atom stereocenters. The predicted molar refractivity (Wildman–Crippen MR) is 80.3 cm³/mol. The third-order valence-electron chi connectivity index (χ3n) is 3.82. The number of carbonyl (C=O) groups excluding carboxylic acids is 2. The predicted octanol–water partition coefficient (Wildman–Crippen LogP) is 0.593. The Morgan fingerprint density at radius 2 is 2.05 bits per heavy atom. The quantitative estimate of drug-likeness (QED) is 0.756. The van der Waals surface area contributed by atoms with Crippen molar-refractivity contribution in [2.24, 2.45) is 17.4 Å². The topological polar surface area (TPSA) is 101 Å². The number of nitrogens with zero attached hydrogens (tertiary/aromatic N) is 1. The van der Waals surface area contributed by atoms with Gasteiger partial charge in [0.2, 0.25) is 5.91 Å². The minimum Gasteiger partial charge on any atom is -0.352 e. The van der Waals surface area contributed by atoms with Crippen LogP contribution >= 0.6 is 0 Å². The van der Waals surface area contributed by atoms with Crippen LogP contribution in [0.2, 0.25) is 0 Å². The first-order valence-corrected chi connectivity index (χ1v) is 7.20. The summed E-state index contributed by atoms with van der Waals surface area (Å²) >= 11 is 0. The molecule has 3 amide bonds. The van der Waals surface area contributed by atoms with Crippen molar-refractivity contribution in [1.29, 1.82) is 0 Å². The van der Waals surface area contributed by atoms with E-state index in [0.717, 1.165) is 18.4 Å². The number of carbonyl (C=O) groups is 2. The van der Waals surface area contributed by atoms with Crippen molar-refractivity contribution in [3.8, 4) is 0 Å². The third-order valence-corrected chi connectivity index (χ3v) is 3.82. The number of rotatable bonds is 4. The highest BCUT2D eigenvalue weighted by Gasteiger charge is 2.27. The van der Waals surface area contributed by atoms with Gasteiger partial charge in [0, 0.05) is 19.6 Å². The van der Waals surface area contributed by atoms with E-state index in [0.29, 0.717) is 19.6 Å². The first-order chi connectivity index (χ1) is 10.1. The summed E-state index contributed by atoms with van der Waals surface area (Å²) in [5.41, 5.74) is 12.0. The van der Waals surface area contributed by atoms with Crippen LogP contribution in [0.3, 0.4) is 0 Å². The van der Waals surface area contributed by atoms with Crippen LogP contribution in [-0.2, 0) is 4.79 Å². The standard InChI is InChI=1S/C15H22N4O2/c16-13(12-6-2-1-3-7-12)14(20)19-8-4-5-11(10-19)9-18-15(17)21/h1-3,6-7,11,13H,4-5,8-10,16H2,(H3,17,18,21). The van der Waals surface area contributed by atoms with Crippen LogP contribution in [0.1, 0.15) is 24.4 Å². The summed E-state index contributed by atoms with van der Waals surface area (Å²) in [6, 6.07) is 8.20. The van der Waals surface area contributed by atoms with Crippen molar-refractivity contribution in [2.75, 3.05) is 19.6 Å². The smallest absolute Gasteiger partial charge is 0.312 e. The van der Waals surface area contributed by atoms with Gasteiger partial charge in [0.05, 0.1) is 0 Å². The Bertz CT molecular complexity index is 492. The molecule has 2 unspecified atom stereocenters. The summed E-state index contributed by atoms with van der Waals surface area (Å²) in [6.45, 7) is 1.83. The second-order valence-electron chi connectivity index (χ2n) is 5.43. The molecule has 1 aliphatic heterocycles. The van der Waals surface area contributed by atoms with Gasteiger partial charge in [-0.1, -0.05) is 30.3 Å². The van der Waals surface area contributed by atoms with E-state index in [1.165, 1.54) is 0 Å². The summed E-state index contributed by atoms with van der Waals surface area (Å²) in [5.74, 6) is 0.170. The van der Waals surface area contributed by atoms with Crippen LogP contribution in [0.25, 0.3) is 0 Å². The number of primary amides is 1. The molecule has 6 nitrogen and oxygen atoms in total. The van der Waals surface area contributed by atoms with Gasteiger partial charge in [-0.25, -0.2) is 4.79 Å². The Morgan fingerprint density at radius 1 is 1.33 bits per heavy atom. The Kier molecular flexibility index (Phi) is 5.16. The molecule has 0 saturated carbocycles. The lowest BCUT2D eigenvalue weighted by molar-refractivity contribution is -0.134. The number of urea groups is 1. The van der Waals surface area contributed by atoms with Crippen LogP contribution in [-0.4, -0.2) is 36.5 Å². The molecule has 114 valence electrons. The SMILES string of the molecule is NC(=O)NCC1CCCN(C(=O)C(N)c2ccccc2)C1. The highest BCUT2D eigenvalue weighted by atomic mass is 16.2. The van der Waals surface area contributed by atoms with Gasteiger partial charge in [0.15, 0.2) is 0 Å². The van der Waals surface area contributed by atoms with Crippen molar-refractivity contribution in [1.82, 2.24) is 10.2 Å². The number of hydrogen-bond acceptors (Lipinski definition) is 3. The van der Waals surface area contributed by atoms with E-state index < -0.39 is 12.1 Å². The highest BCUT2D eigenvalue weighted by Crippen LogP contribution is 2.20. The zero-order chi connectivity index (χ0) is 15.2. The molecule has 5 N–H and O–H groups in total. The first-order valence-electron chi connectivity index (χ1n) is 7.20. The first kappa shape index (κ1) is 15.3. The van der Waals surface area contributed by atoms with Gasteiger partial charge in [-0.15, -0.1) is 0 Å². The molecule has 1 aromatic carbocycles. The monoisotopic (exact) mass is 290 g/mol. The number of likely N-dealkylation sites (tertiary alicyclic amines) is 1. The van der Waals surface area contributed by atoms with Crippen molar-refractivity contribution in [3.63, 3.8) is 0 Å². The number of nitrogens with two attached hydrogens (primary N) is 2. The fourth-order valence-corrected chi connectivity index (χ4v) is 2.68. The van der Waals surface area contributed by atoms with Gasteiger partial charge < -0.3 is 21.7 Å². The van der Waals surface area contributed by atoms with E-state index >= 15 is 0 Å². The van der Waals surface area contributed by atoms with E-state index in [-0.39, 0.29) is 11.8 Å². The molecule has 0 aliphatic carbocycles. The zero-order valence-electron chi connectivity index (χ0n) is 12.0. The number of benzene rings is 1. The van der Waals surface area contributed by atoms with Crippen molar-refractivity contribution in [3.05, 3.63) is 35.9 Å². The lowest BCUT2D eigenvalue weighted by Gasteiger charge is -2.34. The summed E-state index contributed by atoms with van der Waals surface area (Å²) in [7, 11) is 0. The molecule has 0 aromatic heterocycles. The molecule has 1 fully saturated rings. The van der Waals surface area contributed by atoms with E-state index in [2.05, 4.69) is 5.32 Å².